The van der Waals surface area contributed by atoms with Gasteiger partial charge in [0.05, 0.1) is 0 Å². The Kier molecular flexibility index (Phi) is 3.55. The average molecular weight is 167 g/mol. The molecule has 0 unspecified atom stereocenters. The fraction of sp³-hybridized carbons (Fsp3) is 0.200. The predicted molar refractivity (Wildman–Crippen MR) is 30.0 cm³/mol. The molecule has 0 saturated carbocycles. The summed E-state index contributed by atoms with van der Waals surface area (Å²) in [7, 11) is 0. The number of hydrogen-bond acceptors (Lipinski definition) is 1. The van der Waals surface area contributed by atoms with Gasteiger partial charge >= 0.3 is 18.9 Å². The molecule has 38 valence electrons. The molecular formula is C5H4BrLiO. The minimum atomic E-state index is 0. The molecule has 1 nitrogen and oxygen atoms in total. The van der Waals surface area contributed by atoms with Crippen molar-refractivity contribution in [3.63, 3.8) is 0 Å². The first kappa shape index (κ1) is 8.36. The van der Waals surface area contributed by atoms with Crippen molar-refractivity contribution in [1.29, 1.82) is 0 Å². The van der Waals surface area contributed by atoms with Crippen molar-refractivity contribution in [2.24, 2.45) is 0 Å². The second-order valence-electron chi connectivity index (χ2n) is 1.32. The van der Waals surface area contributed by atoms with E-state index >= 15 is 0 Å². The van der Waals surface area contributed by atoms with Gasteiger partial charge in [-0.05, 0) is 6.26 Å². The van der Waals surface area contributed by atoms with Crippen LogP contribution in [0.5, 0.6) is 0 Å². The smallest absolute Gasteiger partial charge is 0.584 e. The van der Waals surface area contributed by atoms with Gasteiger partial charge in [-0.25, -0.2) is 0 Å². The zero-order chi connectivity index (χ0) is 5.28. The Morgan fingerprint density at radius 1 is 1.75 bits per heavy atom. The van der Waals surface area contributed by atoms with Crippen molar-refractivity contribution in [3.05, 3.63) is 22.6 Å². The molecule has 1 heterocycles. The third kappa shape index (κ3) is 1.70. The fourth-order valence-corrected chi connectivity index (χ4v) is 0.515. The molecular weight excluding hydrogens is 163 g/mol. The van der Waals surface area contributed by atoms with Crippen molar-refractivity contribution in [2.75, 3.05) is 0 Å². The normalized spacial score (nSPS) is 8.25. The molecule has 0 aliphatic rings. The van der Waals surface area contributed by atoms with Gasteiger partial charge in [0.1, 0.15) is 0 Å². The SMILES string of the molecule is Cc1c[c-]oc1Br.[Li+]. The van der Waals surface area contributed by atoms with Gasteiger partial charge in [0, 0.05) is 4.67 Å². The monoisotopic (exact) mass is 166 g/mol. The van der Waals surface area contributed by atoms with Crippen LogP contribution in [0.2, 0.25) is 0 Å². The molecule has 1 aromatic heterocycles. The molecule has 0 aliphatic carbocycles. The van der Waals surface area contributed by atoms with Crippen LogP contribution in [-0.2, 0) is 0 Å². The Hall–Kier alpha value is 0.357. The number of halogens is 1. The molecule has 0 radical (unpaired) electrons. The molecule has 0 N–H and O–H groups in total. The minimum Gasteiger partial charge on any atom is -0.584 e. The molecule has 0 bridgehead atoms. The van der Waals surface area contributed by atoms with Crippen LogP contribution < -0.4 is 18.9 Å². The summed E-state index contributed by atoms with van der Waals surface area (Å²) in [6.07, 6.45) is 2.58. The maximum atomic E-state index is 4.76. The van der Waals surface area contributed by atoms with Gasteiger partial charge in [0.25, 0.3) is 0 Å². The summed E-state index contributed by atoms with van der Waals surface area (Å²) < 4.78 is 5.53. The van der Waals surface area contributed by atoms with Crippen LogP contribution in [0, 0.1) is 13.2 Å². The molecule has 0 fully saturated rings. The molecule has 0 spiro atoms. The molecule has 0 saturated heterocycles. The molecule has 0 atom stereocenters. The van der Waals surface area contributed by atoms with Gasteiger partial charge in [-0.2, -0.15) is 5.56 Å². The van der Waals surface area contributed by atoms with Crippen molar-refractivity contribution in [2.45, 2.75) is 6.92 Å². The van der Waals surface area contributed by atoms with Crippen LogP contribution >= 0.6 is 15.9 Å². The molecule has 0 aliphatic heterocycles. The predicted octanol–water partition coefficient (Wildman–Crippen LogP) is -0.845. The summed E-state index contributed by atoms with van der Waals surface area (Å²) in [5, 5.41) is 0. The zero-order valence-electron chi connectivity index (χ0n) is 4.86. The van der Waals surface area contributed by atoms with Gasteiger partial charge in [-0.15, -0.1) is 22.0 Å². The molecule has 8 heavy (non-hydrogen) atoms. The van der Waals surface area contributed by atoms with Crippen LogP contribution in [0.1, 0.15) is 5.56 Å². The Labute approximate surface area is 68.8 Å². The Morgan fingerprint density at radius 3 is 2.50 bits per heavy atom. The first-order valence-electron chi connectivity index (χ1n) is 1.92. The fourth-order valence-electron chi connectivity index (χ4n) is 0.307. The topological polar surface area (TPSA) is 13.1 Å². The minimum absolute atomic E-state index is 0. The molecule has 3 heteroatoms. The van der Waals surface area contributed by atoms with E-state index in [0.717, 1.165) is 10.2 Å². The molecule has 1 rings (SSSR count). The second kappa shape index (κ2) is 3.40. The standard InChI is InChI=1S/C5H4BrO.Li/c1-4-2-3-7-5(4)6;/h2H,1H3;/q-1;+1. The van der Waals surface area contributed by atoms with Crippen molar-refractivity contribution < 1.29 is 23.3 Å². The van der Waals surface area contributed by atoms with E-state index in [4.69, 9.17) is 4.42 Å². The number of rotatable bonds is 0. The Balaban J connectivity index is 0.000000490. The Morgan fingerprint density at radius 2 is 2.38 bits per heavy atom. The summed E-state index contributed by atoms with van der Waals surface area (Å²) in [5.41, 5.74) is 1.08. The van der Waals surface area contributed by atoms with E-state index in [-0.39, 0.29) is 18.9 Å². The largest absolute Gasteiger partial charge is 1.00 e. The Bertz CT molecular complexity index is 145. The number of hydrogen-bond donors (Lipinski definition) is 0. The summed E-state index contributed by atoms with van der Waals surface area (Å²) in [6, 6.07) is 1.78. The van der Waals surface area contributed by atoms with Gasteiger partial charge in [0.15, 0.2) is 0 Å². The first-order chi connectivity index (χ1) is 3.30. The van der Waals surface area contributed by atoms with E-state index < -0.39 is 0 Å². The van der Waals surface area contributed by atoms with Crippen LogP contribution in [0.25, 0.3) is 0 Å². The van der Waals surface area contributed by atoms with E-state index in [1.807, 2.05) is 6.92 Å². The van der Waals surface area contributed by atoms with Gasteiger partial charge < -0.3 is 4.42 Å². The van der Waals surface area contributed by atoms with E-state index in [0.29, 0.717) is 0 Å². The van der Waals surface area contributed by atoms with Crippen LogP contribution in [0.4, 0.5) is 0 Å². The van der Waals surface area contributed by atoms with E-state index in [1.165, 1.54) is 0 Å². The second-order valence-corrected chi connectivity index (χ2v) is 2.04. The third-order valence-electron chi connectivity index (χ3n) is 0.734. The van der Waals surface area contributed by atoms with E-state index in [1.54, 1.807) is 6.07 Å². The zero-order valence-corrected chi connectivity index (χ0v) is 6.45. The maximum Gasteiger partial charge on any atom is 1.00 e. The van der Waals surface area contributed by atoms with Gasteiger partial charge in [-0.3, -0.25) is 0 Å². The summed E-state index contributed by atoms with van der Waals surface area (Å²) in [6.45, 7) is 1.95. The van der Waals surface area contributed by atoms with Crippen LogP contribution in [-0.4, -0.2) is 0 Å². The van der Waals surface area contributed by atoms with E-state index in [9.17, 15) is 0 Å². The summed E-state index contributed by atoms with van der Waals surface area (Å²) >= 11 is 3.17. The number of furan rings is 1. The van der Waals surface area contributed by atoms with E-state index in [2.05, 4.69) is 22.2 Å². The molecule has 0 amide bonds. The first-order valence-corrected chi connectivity index (χ1v) is 2.72. The van der Waals surface area contributed by atoms with Crippen LogP contribution in [0.15, 0.2) is 15.2 Å². The quantitative estimate of drug-likeness (QED) is 0.362. The van der Waals surface area contributed by atoms with Crippen LogP contribution in [0.3, 0.4) is 0 Å². The maximum absolute atomic E-state index is 4.76. The van der Waals surface area contributed by atoms with Crippen molar-refractivity contribution in [1.82, 2.24) is 0 Å². The van der Waals surface area contributed by atoms with Crippen molar-refractivity contribution >= 4 is 15.9 Å². The molecule has 0 aromatic carbocycles. The molecule has 1 aromatic rings. The summed E-state index contributed by atoms with van der Waals surface area (Å²) in [5.74, 6) is 0. The van der Waals surface area contributed by atoms with Gasteiger partial charge in [0.2, 0.25) is 0 Å². The van der Waals surface area contributed by atoms with Crippen molar-refractivity contribution in [3.8, 4) is 0 Å². The summed E-state index contributed by atoms with van der Waals surface area (Å²) in [4.78, 5) is 0. The third-order valence-corrected chi connectivity index (χ3v) is 1.52. The van der Waals surface area contributed by atoms with Gasteiger partial charge in [-0.1, -0.05) is 6.92 Å². The average Bonchev–Trinajstić information content (AvgIpc) is 1.91. The number of aryl methyl sites for hydroxylation is 1.